The molecule has 3 aromatic carbocycles. The van der Waals surface area contributed by atoms with Gasteiger partial charge in [-0.15, -0.1) is 0 Å². The predicted octanol–water partition coefficient (Wildman–Crippen LogP) is 2.89. The third kappa shape index (κ3) is 16.0. The zero-order valence-corrected chi connectivity index (χ0v) is 34.5. The van der Waals surface area contributed by atoms with Crippen LogP contribution in [0.1, 0.15) is 69.6 Å². The summed E-state index contributed by atoms with van der Waals surface area (Å²) in [5.41, 5.74) is 7.62. The summed E-state index contributed by atoms with van der Waals surface area (Å²) in [7, 11) is 0. The van der Waals surface area contributed by atoms with Crippen LogP contribution in [-0.2, 0) is 52.8 Å². The Hall–Kier alpha value is -6.91. The summed E-state index contributed by atoms with van der Waals surface area (Å²) in [6, 6.07) is 17.1. The lowest BCUT2D eigenvalue weighted by atomic mass is 10.0. The minimum atomic E-state index is -1.69. The summed E-state index contributed by atoms with van der Waals surface area (Å²) in [5, 5.41) is 33.2. The molecule has 17 heteroatoms. The number of carboxylic acids is 1. The molecule has 0 radical (unpaired) electrons. The van der Waals surface area contributed by atoms with Crippen molar-refractivity contribution in [1.29, 1.82) is 0 Å². The molecule has 10 N–H and O–H groups in total. The summed E-state index contributed by atoms with van der Waals surface area (Å²) >= 11 is 0. The number of hydrogen-bond donors (Lipinski definition) is 9. The number of carbonyl (C=O) groups is 7. The van der Waals surface area contributed by atoms with Crippen LogP contribution in [0, 0.1) is 0 Å². The zero-order valence-electron chi connectivity index (χ0n) is 34.5. The third-order valence-corrected chi connectivity index (χ3v) is 9.49. The van der Waals surface area contributed by atoms with Gasteiger partial charge >= 0.3 is 12.1 Å². The van der Waals surface area contributed by atoms with Gasteiger partial charge in [0.15, 0.2) is 0 Å². The molecule has 0 bridgehead atoms. The van der Waals surface area contributed by atoms with Crippen LogP contribution in [0.4, 0.5) is 4.79 Å². The molecule has 0 saturated heterocycles. The SMILES string of the molecule is CC(C)(C)OC(=O)N[C@@H](Cc1c[nH]c2ccccc12)C(=O)N[C@@H](CCCCNC(=O)CCc1cccc(O)c1)C(=O)N[C@@H](CC(=O)O)C(=O)N[C@@H](Cc1ccccc1)C(N)=O. The molecule has 61 heavy (non-hydrogen) atoms. The number of alkyl carbamates (subject to hydrolysis) is 1. The normalized spacial score (nSPS) is 13.2. The van der Waals surface area contributed by atoms with Crippen LogP contribution in [-0.4, -0.2) is 93.1 Å². The van der Waals surface area contributed by atoms with E-state index < -0.39 is 71.9 Å². The quantitative estimate of drug-likeness (QED) is 0.0522. The Morgan fingerprint density at radius 2 is 1.38 bits per heavy atom. The monoisotopic (exact) mass is 841 g/mol. The summed E-state index contributed by atoms with van der Waals surface area (Å²) in [4.78, 5) is 94.7. The predicted molar refractivity (Wildman–Crippen MR) is 226 cm³/mol. The van der Waals surface area contributed by atoms with E-state index in [1.165, 1.54) is 6.07 Å². The molecule has 4 aromatic rings. The first kappa shape index (κ1) is 46.8. The molecule has 4 atom stereocenters. The van der Waals surface area contributed by atoms with Gasteiger partial charge in [-0.3, -0.25) is 28.8 Å². The fraction of sp³-hybridized carbons (Fsp3) is 0.386. The molecule has 0 unspecified atom stereocenters. The first-order valence-corrected chi connectivity index (χ1v) is 20.0. The Morgan fingerprint density at radius 1 is 0.738 bits per heavy atom. The molecule has 6 amide bonds. The molecule has 326 valence electrons. The summed E-state index contributed by atoms with van der Waals surface area (Å²) in [6.07, 6.45) is 1.13. The van der Waals surface area contributed by atoms with Gasteiger partial charge in [0.05, 0.1) is 6.42 Å². The number of primary amides is 1. The summed E-state index contributed by atoms with van der Waals surface area (Å²) in [5.74, 6) is -5.12. The molecule has 1 aromatic heterocycles. The Balaban J connectivity index is 1.52. The molecule has 0 saturated carbocycles. The number of carbonyl (C=O) groups excluding carboxylic acids is 6. The van der Waals surface area contributed by atoms with Crippen molar-refractivity contribution < 1.29 is 48.5 Å². The average molecular weight is 842 g/mol. The Labute approximate surface area is 353 Å². The zero-order chi connectivity index (χ0) is 44.5. The second-order valence-corrected chi connectivity index (χ2v) is 15.7. The van der Waals surface area contributed by atoms with Gasteiger partial charge < -0.3 is 52.3 Å². The number of phenolic OH excluding ortho intramolecular Hbond substituents is 1. The highest BCUT2D eigenvalue weighted by atomic mass is 16.6. The maximum atomic E-state index is 14.1. The number of unbranched alkanes of at least 4 members (excludes halogenated alkanes) is 1. The number of nitrogens with one attached hydrogen (secondary N) is 6. The minimum absolute atomic E-state index is 0.00316. The van der Waals surface area contributed by atoms with Crippen molar-refractivity contribution in [3.63, 3.8) is 0 Å². The number of nitrogens with two attached hydrogens (primary N) is 1. The highest BCUT2D eigenvalue weighted by Gasteiger charge is 2.33. The van der Waals surface area contributed by atoms with Crippen molar-refractivity contribution in [2.24, 2.45) is 5.73 Å². The van der Waals surface area contributed by atoms with Gasteiger partial charge in [-0.05, 0) is 81.3 Å². The number of amides is 6. The lowest BCUT2D eigenvalue weighted by Crippen LogP contribution is -2.59. The van der Waals surface area contributed by atoms with E-state index >= 15 is 0 Å². The fourth-order valence-electron chi connectivity index (χ4n) is 6.48. The molecular formula is C44H55N7O10. The second-order valence-electron chi connectivity index (χ2n) is 15.7. The lowest BCUT2D eigenvalue weighted by Gasteiger charge is -2.27. The number of carboxylic acid groups (broad SMARTS) is 1. The number of rotatable bonds is 22. The lowest BCUT2D eigenvalue weighted by molar-refractivity contribution is -0.141. The molecular weight excluding hydrogens is 787 g/mol. The number of phenols is 1. The molecule has 4 rings (SSSR count). The van der Waals surface area contributed by atoms with Gasteiger partial charge in [0.1, 0.15) is 35.5 Å². The second kappa shape index (κ2) is 22.5. The largest absolute Gasteiger partial charge is 0.508 e. The van der Waals surface area contributed by atoms with E-state index in [0.29, 0.717) is 24.0 Å². The van der Waals surface area contributed by atoms with E-state index in [0.717, 1.165) is 16.5 Å². The van der Waals surface area contributed by atoms with Crippen LogP contribution in [0.15, 0.2) is 85.1 Å². The first-order valence-electron chi connectivity index (χ1n) is 20.0. The fourth-order valence-corrected chi connectivity index (χ4v) is 6.48. The van der Waals surface area contributed by atoms with Gasteiger partial charge in [-0.1, -0.05) is 60.7 Å². The number of ether oxygens (including phenoxy) is 1. The first-order chi connectivity index (χ1) is 29.0. The number of para-hydroxylation sites is 1. The smallest absolute Gasteiger partial charge is 0.408 e. The van der Waals surface area contributed by atoms with Crippen LogP contribution in [0.3, 0.4) is 0 Å². The van der Waals surface area contributed by atoms with Crippen LogP contribution < -0.4 is 32.3 Å². The summed E-state index contributed by atoms with van der Waals surface area (Å²) in [6.45, 7) is 5.22. The number of aliphatic carboxylic acids is 1. The summed E-state index contributed by atoms with van der Waals surface area (Å²) < 4.78 is 5.44. The van der Waals surface area contributed by atoms with Gasteiger partial charge in [0, 0.05) is 42.9 Å². The number of benzene rings is 3. The van der Waals surface area contributed by atoms with Crippen molar-refractivity contribution >= 4 is 52.5 Å². The van der Waals surface area contributed by atoms with Crippen LogP contribution in [0.2, 0.25) is 0 Å². The van der Waals surface area contributed by atoms with Gasteiger partial charge in [0.25, 0.3) is 0 Å². The topological polar surface area (TPSA) is 271 Å². The number of aromatic nitrogens is 1. The van der Waals surface area contributed by atoms with Crippen molar-refractivity contribution in [2.75, 3.05) is 6.54 Å². The van der Waals surface area contributed by atoms with Crippen LogP contribution >= 0.6 is 0 Å². The molecule has 0 aliphatic carbocycles. The van der Waals surface area contributed by atoms with E-state index in [-0.39, 0.29) is 50.3 Å². The molecule has 0 aliphatic rings. The van der Waals surface area contributed by atoms with Gasteiger partial charge in [-0.2, -0.15) is 0 Å². The van der Waals surface area contributed by atoms with E-state index in [9.17, 15) is 43.8 Å². The third-order valence-electron chi connectivity index (χ3n) is 9.49. The standard InChI is InChI=1S/C44H55N7O10/c1-44(2,3)61-43(60)51-35(24-29-26-47-32-17-8-7-16-31(29)32)41(58)48-33(18-9-10-21-46-37(53)20-19-28-14-11-15-30(52)22-28)40(57)50-36(25-38(54)55)42(59)49-34(39(45)56)23-27-12-5-4-6-13-27/h4-8,11-17,22,26,33-36,47,52H,9-10,18-21,23-25H2,1-3H3,(H2,45,56)(H,46,53)(H,48,58)(H,49,59)(H,50,57)(H,51,60)(H,54,55)/t33-,34-,35-,36-/m0/s1. The van der Waals surface area contributed by atoms with Gasteiger partial charge in [0.2, 0.25) is 29.5 Å². The van der Waals surface area contributed by atoms with Crippen molar-refractivity contribution in [1.82, 2.24) is 31.6 Å². The van der Waals surface area contributed by atoms with Crippen molar-refractivity contribution in [3.8, 4) is 5.75 Å². The van der Waals surface area contributed by atoms with Crippen LogP contribution in [0.25, 0.3) is 10.9 Å². The highest BCUT2D eigenvalue weighted by molar-refractivity contribution is 5.97. The minimum Gasteiger partial charge on any atom is -0.508 e. The molecule has 1 heterocycles. The highest BCUT2D eigenvalue weighted by Crippen LogP contribution is 2.20. The number of aryl methyl sites for hydroxylation is 1. The molecule has 0 spiro atoms. The van der Waals surface area contributed by atoms with Crippen LogP contribution in [0.5, 0.6) is 5.75 Å². The molecule has 0 aliphatic heterocycles. The number of aromatic amines is 1. The molecule has 0 fully saturated rings. The Bertz CT molecular complexity index is 2150. The van der Waals surface area contributed by atoms with E-state index in [4.69, 9.17) is 10.5 Å². The Kier molecular flexibility index (Phi) is 17.2. The maximum Gasteiger partial charge on any atom is 0.408 e. The van der Waals surface area contributed by atoms with Crippen molar-refractivity contribution in [3.05, 3.63) is 102 Å². The van der Waals surface area contributed by atoms with E-state index in [2.05, 4.69) is 31.6 Å². The Morgan fingerprint density at radius 3 is 2.07 bits per heavy atom. The number of fused-ring (bicyclic) bond motifs is 1. The van der Waals surface area contributed by atoms with E-state index in [1.807, 2.05) is 24.3 Å². The van der Waals surface area contributed by atoms with E-state index in [1.54, 1.807) is 75.5 Å². The van der Waals surface area contributed by atoms with Gasteiger partial charge in [-0.25, -0.2) is 4.79 Å². The molecule has 17 nitrogen and oxygen atoms in total. The number of hydrogen-bond acceptors (Lipinski definition) is 9. The maximum absolute atomic E-state index is 14.1. The average Bonchev–Trinajstić information content (AvgIpc) is 3.60. The van der Waals surface area contributed by atoms with Crippen molar-refractivity contribution in [2.45, 2.75) is 102 Å². The number of H-pyrrole nitrogens is 1. The number of aromatic hydroxyl groups is 1.